The number of aromatic nitrogens is 1. The zero-order valence-corrected chi connectivity index (χ0v) is 18.1. The number of hydrogen-bond donors (Lipinski definition) is 3. The average molecular weight is 390 g/mol. The molecular formula is C22H39N5O. The maximum Gasteiger partial charge on any atom is 0.191 e. The minimum absolute atomic E-state index is 0.238. The molecule has 1 saturated heterocycles. The first-order chi connectivity index (χ1) is 13.5. The average Bonchev–Trinajstić information content (AvgIpc) is 2.67. The molecule has 0 bridgehead atoms. The molecule has 6 heteroatoms. The highest BCUT2D eigenvalue weighted by Gasteiger charge is 2.21. The predicted octanol–water partition coefficient (Wildman–Crippen LogP) is 2.96. The standard InChI is InChI=1S/C22H39N5O/c1-5-23-22(25-16-19(10-13-28)14-17(2)3)26-20-8-11-27(12-9-20)21-7-6-18(4)15-24-21/h6-7,15,17,19-20,28H,5,8-14,16H2,1-4H3,(H2,23,25,26). The molecule has 158 valence electrons. The third-order valence-electron chi connectivity index (χ3n) is 5.25. The number of anilines is 1. The molecular weight excluding hydrogens is 350 g/mol. The molecule has 0 aromatic carbocycles. The van der Waals surface area contributed by atoms with E-state index < -0.39 is 0 Å². The molecule has 28 heavy (non-hydrogen) atoms. The number of guanidine groups is 1. The number of hydrogen-bond acceptors (Lipinski definition) is 4. The first-order valence-corrected chi connectivity index (χ1v) is 10.8. The van der Waals surface area contributed by atoms with E-state index in [0.717, 1.165) is 63.6 Å². The van der Waals surface area contributed by atoms with Crippen LogP contribution in [-0.2, 0) is 0 Å². The molecule has 1 aliphatic rings. The van der Waals surface area contributed by atoms with Crippen LogP contribution in [0.4, 0.5) is 5.82 Å². The van der Waals surface area contributed by atoms with Crippen LogP contribution in [0.25, 0.3) is 0 Å². The summed E-state index contributed by atoms with van der Waals surface area (Å²) >= 11 is 0. The van der Waals surface area contributed by atoms with Crippen molar-refractivity contribution in [2.45, 2.75) is 59.4 Å². The Morgan fingerprint density at radius 3 is 2.64 bits per heavy atom. The summed E-state index contributed by atoms with van der Waals surface area (Å²) < 4.78 is 0. The zero-order valence-electron chi connectivity index (χ0n) is 18.1. The number of piperidine rings is 1. The minimum atomic E-state index is 0.238. The summed E-state index contributed by atoms with van der Waals surface area (Å²) in [6.07, 6.45) is 6.02. The van der Waals surface area contributed by atoms with Crippen LogP contribution in [0.2, 0.25) is 0 Å². The van der Waals surface area contributed by atoms with Crippen LogP contribution in [0.3, 0.4) is 0 Å². The van der Waals surface area contributed by atoms with Crippen molar-refractivity contribution in [3.8, 4) is 0 Å². The highest BCUT2D eigenvalue weighted by Crippen LogP contribution is 2.18. The minimum Gasteiger partial charge on any atom is -0.396 e. The van der Waals surface area contributed by atoms with E-state index in [0.29, 0.717) is 17.9 Å². The molecule has 0 amide bonds. The van der Waals surface area contributed by atoms with Crippen LogP contribution in [0, 0.1) is 18.8 Å². The lowest BCUT2D eigenvalue weighted by atomic mass is 9.94. The molecule has 6 nitrogen and oxygen atoms in total. The first-order valence-electron chi connectivity index (χ1n) is 10.8. The Kier molecular flexibility index (Phi) is 9.55. The summed E-state index contributed by atoms with van der Waals surface area (Å²) in [6.45, 7) is 12.5. The van der Waals surface area contributed by atoms with Crippen molar-refractivity contribution in [2.24, 2.45) is 16.8 Å². The van der Waals surface area contributed by atoms with Crippen molar-refractivity contribution >= 4 is 11.8 Å². The summed E-state index contributed by atoms with van der Waals surface area (Å²) in [5, 5.41) is 16.3. The molecule has 1 unspecified atom stereocenters. The molecule has 1 aliphatic heterocycles. The Balaban J connectivity index is 1.87. The normalized spacial score (nSPS) is 17.1. The van der Waals surface area contributed by atoms with E-state index in [1.807, 2.05) is 6.20 Å². The third kappa shape index (κ3) is 7.66. The van der Waals surface area contributed by atoms with Crippen LogP contribution in [0.1, 0.15) is 52.0 Å². The maximum atomic E-state index is 9.32. The molecule has 1 aromatic heterocycles. The van der Waals surface area contributed by atoms with E-state index in [1.165, 1.54) is 5.56 Å². The second kappa shape index (κ2) is 11.9. The Morgan fingerprint density at radius 2 is 2.07 bits per heavy atom. The number of aliphatic hydroxyl groups excluding tert-OH is 1. The molecule has 0 radical (unpaired) electrons. The van der Waals surface area contributed by atoms with Crippen molar-refractivity contribution in [1.82, 2.24) is 15.6 Å². The van der Waals surface area contributed by atoms with Gasteiger partial charge in [0.05, 0.1) is 0 Å². The summed E-state index contributed by atoms with van der Waals surface area (Å²) in [4.78, 5) is 11.7. The fourth-order valence-electron chi connectivity index (χ4n) is 3.77. The Bertz CT molecular complexity index is 579. The van der Waals surface area contributed by atoms with Gasteiger partial charge in [0.1, 0.15) is 5.82 Å². The fraction of sp³-hybridized carbons (Fsp3) is 0.727. The smallest absolute Gasteiger partial charge is 0.191 e. The number of pyridine rings is 1. The molecule has 0 aliphatic carbocycles. The maximum absolute atomic E-state index is 9.32. The summed E-state index contributed by atoms with van der Waals surface area (Å²) in [5.74, 6) is 3.04. The Labute approximate surface area is 170 Å². The van der Waals surface area contributed by atoms with E-state index in [1.54, 1.807) is 0 Å². The quantitative estimate of drug-likeness (QED) is 0.447. The van der Waals surface area contributed by atoms with Crippen molar-refractivity contribution < 1.29 is 5.11 Å². The summed E-state index contributed by atoms with van der Waals surface area (Å²) in [6, 6.07) is 4.67. The monoisotopic (exact) mass is 389 g/mol. The van der Waals surface area contributed by atoms with Crippen molar-refractivity contribution in [1.29, 1.82) is 0 Å². The van der Waals surface area contributed by atoms with Gasteiger partial charge in [0, 0.05) is 45.0 Å². The van der Waals surface area contributed by atoms with Gasteiger partial charge in [-0.2, -0.15) is 0 Å². The first kappa shape index (κ1) is 22.5. The number of nitrogens with zero attached hydrogens (tertiary/aromatic N) is 3. The topological polar surface area (TPSA) is 72.8 Å². The van der Waals surface area contributed by atoms with Crippen LogP contribution >= 0.6 is 0 Å². The SMILES string of the molecule is CCNC(=NCC(CCO)CC(C)C)NC1CCN(c2ccc(C)cn2)CC1. The van der Waals surface area contributed by atoms with Gasteiger partial charge in [0.2, 0.25) is 0 Å². The van der Waals surface area contributed by atoms with Crippen LogP contribution in [0.15, 0.2) is 23.3 Å². The highest BCUT2D eigenvalue weighted by molar-refractivity contribution is 5.80. The molecule has 0 spiro atoms. The zero-order chi connectivity index (χ0) is 20.4. The fourth-order valence-corrected chi connectivity index (χ4v) is 3.77. The summed E-state index contributed by atoms with van der Waals surface area (Å²) in [7, 11) is 0. The van der Waals surface area contributed by atoms with E-state index in [2.05, 4.69) is 60.3 Å². The second-order valence-corrected chi connectivity index (χ2v) is 8.33. The lowest BCUT2D eigenvalue weighted by molar-refractivity contribution is 0.245. The van der Waals surface area contributed by atoms with Crippen LogP contribution < -0.4 is 15.5 Å². The highest BCUT2D eigenvalue weighted by atomic mass is 16.3. The largest absolute Gasteiger partial charge is 0.396 e. The Hall–Kier alpha value is -1.82. The number of nitrogens with one attached hydrogen (secondary N) is 2. The molecule has 1 fully saturated rings. The molecule has 1 aromatic rings. The molecule has 2 rings (SSSR count). The second-order valence-electron chi connectivity index (χ2n) is 8.33. The van der Waals surface area contributed by atoms with Gasteiger partial charge in [-0.25, -0.2) is 4.98 Å². The van der Waals surface area contributed by atoms with E-state index in [9.17, 15) is 5.11 Å². The van der Waals surface area contributed by atoms with Gasteiger partial charge in [-0.15, -0.1) is 0 Å². The van der Waals surface area contributed by atoms with E-state index >= 15 is 0 Å². The van der Waals surface area contributed by atoms with Crippen molar-refractivity contribution in [2.75, 3.05) is 37.7 Å². The Morgan fingerprint density at radius 1 is 1.32 bits per heavy atom. The van der Waals surface area contributed by atoms with Gasteiger partial charge in [-0.1, -0.05) is 19.9 Å². The number of rotatable bonds is 9. The lowest BCUT2D eigenvalue weighted by Gasteiger charge is -2.34. The van der Waals surface area contributed by atoms with Crippen LogP contribution in [-0.4, -0.2) is 54.9 Å². The van der Waals surface area contributed by atoms with Crippen LogP contribution in [0.5, 0.6) is 0 Å². The number of aryl methyl sites for hydroxylation is 1. The molecule has 0 saturated carbocycles. The van der Waals surface area contributed by atoms with Crippen molar-refractivity contribution in [3.05, 3.63) is 23.9 Å². The van der Waals surface area contributed by atoms with Gasteiger partial charge in [-0.3, -0.25) is 4.99 Å². The van der Waals surface area contributed by atoms with Gasteiger partial charge >= 0.3 is 0 Å². The van der Waals surface area contributed by atoms with Gasteiger partial charge in [0.25, 0.3) is 0 Å². The third-order valence-corrected chi connectivity index (χ3v) is 5.25. The van der Waals surface area contributed by atoms with E-state index in [4.69, 9.17) is 4.99 Å². The molecule has 2 heterocycles. The summed E-state index contributed by atoms with van der Waals surface area (Å²) in [5.41, 5.74) is 1.20. The lowest BCUT2D eigenvalue weighted by Crippen LogP contribution is -2.49. The van der Waals surface area contributed by atoms with Crippen molar-refractivity contribution in [3.63, 3.8) is 0 Å². The number of aliphatic hydroxyl groups is 1. The van der Waals surface area contributed by atoms with Gasteiger partial charge in [-0.05, 0) is 63.0 Å². The van der Waals surface area contributed by atoms with E-state index in [-0.39, 0.29) is 6.61 Å². The molecule has 3 N–H and O–H groups in total. The predicted molar refractivity (Wildman–Crippen MR) is 118 cm³/mol. The van der Waals surface area contributed by atoms with Gasteiger partial charge < -0.3 is 20.6 Å². The number of aliphatic imine (C=N–C) groups is 1. The van der Waals surface area contributed by atoms with Gasteiger partial charge in [0.15, 0.2) is 5.96 Å². The molecule has 1 atom stereocenters.